The van der Waals surface area contributed by atoms with E-state index in [1.54, 1.807) is 11.3 Å². The summed E-state index contributed by atoms with van der Waals surface area (Å²) in [5.41, 5.74) is 8.50. The molecule has 0 bridgehead atoms. The average molecular weight is 356 g/mol. The van der Waals surface area contributed by atoms with Crippen molar-refractivity contribution in [1.29, 1.82) is 0 Å². The Morgan fingerprint density at radius 2 is 2.18 bits per heavy atom. The van der Waals surface area contributed by atoms with Crippen LogP contribution in [0.3, 0.4) is 0 Å². The van der Waals surface area contributed by atoms with Crippen molar-refractivity contribution >= 4 is 39.1 Å². The Hall–Kier alpha value is -0.620. The van der Waals surface area contributed by atoms with Crippen molar-refractivity contribution in [1.82, 2.24) is 4.98 Å². The van der Waals surface area contributed by atoms with Crippen molar-refractivity contribution < 1.29 is 0 Å². The molecule has 3 rings (SSSR count). The molecule has 88 valence electrons. The fourth-order valence-corrected chi connectivity index (χ4v) is 4.29. The van der Waals surface area contributed by atoms with Gasteiger partial charge >= 0.3 is 0 Å². The topological polar surface area (TPSA) is 38.9 Å². The van der Waals surface area contributed by atoms with Gasteiger partial charge in [-0.3, -0.25) is 0 Å². The van der Waals surface area contributed by atoms with E-state index in [4.69, 9.17) is 5.73 Å². The number of benzene rings is 1. The summed E-state index contributed by atoms with van der Waals surface area (Å²) in [5.74, 6) is 0.502. The summed E-state index contributed by atoms with van der Waals surface area (Å²) >= 11 is 4.09. The molecule has 1 aromatic carbocycles. The number of thiazole rings is 1. The van der Waals surface area contributed by atoms with Crippen molar-refractivity contribution in [2.24, 2.45) is 0 Å². The third-order valence-corrected chi connectivity index (χ3v) is 5.27. The molecule has 4 heteroatoms. The van der Waals surface area contributed by atoms with E-state index in [-0.39, 0.29) is 0 Å². The SMILES string of the molecule is Nc1nc2c(s1)C(c1ccccc1I)CCC2. The molecule has 0 spiro atoms. The molecule has 0 amide bonds. The van der Waals surface area contributed by atoms with Crippen LogP contribution in [0.15, 0.2) is 24.3 Å². The zero-order valence-corrected chi connectivity index (χ0v) is 12.3. The van der Waals surface area contributed by atoms with E-state index in [9.17, 15) is 0 Å². The largest absolute Gasteiger partial charge is 0.375 e. The normalized spacial score (nSPS) is 19.0. The number of halogens is 1. The lowest BCUT2D eigenvalue weighted by atomic mass is 9.86. The number of hydrogen-bond donors (Lipinski definition) is 1. The second-order valence-corrected chi connectivity index (χ2v) is 6.55. The maximum Gasteiger partial charge on any atom is 0.180 e. The highest BCUT2D eigenvalue weighted by Gasteiger charge is 2.26. The molecule has 0 aliphatic heterocycles. The molecular weight excluding hydrogens is 343 g/mol. The number of fused-ring (bicyclic) bond motifs is 1. The number of rotatable bonds is 1. The van der Waals surface area contributed by atoms with Crippen LogP contribution in [0, 0.1) is 3.57 Å². The Bertz CT molecular complexity index is 550. The van der Waals surface area contributed by atoms with E-state index in [1.807, 2.05) is 0 Å². The Kier molecular flexibility index (Phi) is 3.08. The minimum Gasteiger partial charge on any atom is -0.375 e. The van der Waals surface area contributed by atoms with Gasteiger partial charge in [0, 0.05) is 14.4 Å². The molecule has 1 heterocycles. The molecule has 2 nitrogen and oxygen atoms in total. The van der Waals surface area contributed by atoms with E-state index in [2.05, 4.69) is 51.8 Å². The quantitative estimate of drug-likeness (QED) is 0.790. The first-order valence-electron chi connectivity index (χ1n) is 5.75. The molecule has 1 atom stereocenters. The van der Waals surface area contributed by atoms with Gasteiger partial charge < -0.3 is 5.73 Å². The summed E-state index contributed by atoms with van der Waals surface area (Å²) in [6.45, 7) is 0. The predicted molar refractivity (Wildman–Crippen MR) is 80.5 cm³/mol. The molecule has 0 fully saturated rings. The highest BCUT2D eigenvalue weighted by molar-refractivity contribution is 14.1. The van der Waals surface area contributed by atoms with E-state index in [1.165, 1.54) is 32.5 Å². The van der Waals surface area contributed by atoms with Crippen molar-refractivity contribution in [3.8, 4) is 0 Å². The lowest BCUT2D eigenvalue weighted by Crippen LogP contribution is -2.10. The van der Waals surface area contributed by atoms with Crippen molar-refractivity contribution in [2.75, 3.05) is 5.73 Å². The first kappa shape index (κ1) is 11.5. The average Bonchev–Trinajstić information content (AvgIpc) is 2.70. The predicted octanol–water partition coefficient (Wildman–Crippen LogP) is 3.80. The highest BCUT2D eigenvalue weighted by atomic mass is 127. The highest BCUT2D eigenvalue weighted by Crippen LogP contribution is 2.41. The van der Waals surface area contributed by atoms with Gasteiger partial charge in [-0.15, -0.1) is 11.3 Å². The van der Waals surface area contributed by atoms with Gasteiger partial charge in [-0.1, -0.05) is 18.2 Å². The first-order chi connectivity index (χ1) is 8.25. The monoisotopic (exact) mass is 356 g/mol. The fourth-order valence-electron chi connectivity index (χ4n) is 2.49. The van der Waals surface area contributed by atoms with Gasteiger partial charge in [0.25, 0.3) is 0 Å². The van der Waals surface area contributed by atoms with Crippen molar-refractivity contribution in [3.05, 3.63) is 44.0 Å². The van der Waals surface area contributed by atoms with Crippen molar-refractivity contribution in [2.45, 2.75) is 25.2 Å². The maximum atomic E-state index is 5.84. The maximum absolute atomic E-state index is 5.84. The number of nitrogens with zero attached hydrogens (tertiary/aromatic N) is 1. The molecular formula is C13H13IN2S. The van der Waals surface area contributed by atoms with Crippen molar-refractivity contribution in [3.63, 3.8) is 0 Å². The van der Waals surface area contributed by atoms with Crippen LogP contribution >= 0.6 is 33.9 Å². The van der Waals surface area contributed by atoms with Gasteiger partial charge in [0.05, 0.1) is 5.69 Å². The Morgan fingerprint density at radius 3 is 3.00 bits per heavy atom. The number of aromatic nitrogens is 1. The standard InChI is InChI=1S/C13H13IN2S/c14-10-6-2-1-4-8(10)9-5-3-7-11-12(9)17-13(15)16-11/h1-2,4,6,9H,3,5,7H2,(H2,15,16). The fraction of sp³-hybridized carbons (Fsp3) is 0.308. The molecule has 2 N–H and O–H groups in total. The summed E-state index contributed by atoms with van der Waals surface area (Å²) in [6.07, 6.45) is 3.52. The number of hydrogen-bond acceptors (Lipinski definition) is 3. The Morgan fingerprint density at radius 1 is 1.35 bits per heavy atom. The summed E-state index contributed by atoms with van der Waals surface area (Å²) < 4.78 is 1.34. The van der Waals surface area contributed by atoms with Gasteiger partial charge in [0.15, 0.2) is 5.13 Å². The molecule has 0 saturated carbocycles. The number of nitrogen functional groups attached to an aromatic ring is 1. The van der Waals surface area contributed by atoms with Crippen LogP contribution in [0.4, 0.5) is 5.13 Å². The Balaban J connectivity index is 2.09. The second kappa shape index (κ2) is 4.57. The lowest BCUT2D eigenvalue weighted by molar-refractivity contribution is 0.615. The minimum absolute atomic E-state index is 0.502. The van der Waals surface area contributed by atoms with E-state index in [0.29, 0.717) is 11.0 Å². The van der Waals surface area contributed by atoms with Crippen LogP contribution in [0.5, 0.6) is 0 Å². The summed E-state index contributed by atoms with van der Waals surface area (Å²) in [5, 5.41) is 0.716. The second-order valence-electron chi connectivity index (χ2n) is 4.33. The molecule has 2 aromatic rings. The van der Waals surface area contributed by atoms with E-state index in [0.717, 1.165) is 6.42 Å². The molecule has 1 aromatic heterocycles. The van der Waals surface area contributed by atoms with Crippen LogP contribution in [-0.2, 0) is 6.42 Å². The van der Waals surface area contributed by atoms with Crippen LogP contribution in [0.1, 0.15) is 34.9 Å². The Labute approximate surface area is 118 Å². The number of aryl methyl sites for hydroxylation is 1. The third kappa shape index (κ3) is 2.08. The smallest absolute Gasteiger partial charge is 0.180 e. The third-order valence-electron chi connectivity index (χ3n) is 3.25. The van der Waals surface area contributed by atoms with E-state index < -0.39 is 0 Å². The molecule has 1 aliphatic rings. The molecule has 1 unspecified atom stereocenters. The zero-order chi connectivity index (χ0) is 11.8. The minimum atomic E-state index is 0.502. The van der Waals surface area contributed by atoms with Crippen LogP contribution in [0.25, 0.3) is 0 Å². The molecule has 0 radical (unpaired) electrons. The molecule has 17 heavy (non-hydrogen) atoms. The van der Waals surface area contributed by atoms with Crippen LogP contribution in [0.2, 0.25) is 0 Å². The van der Waals surface area contributed by atoms with Gasteiger partial charge in [0.2, 0.25) is 0 Å². The van der Waals surface area contributed by atoms with Crippen LogP contribution < -0.4 is 5.73 Å². The van der Waals surface area contributed by atoms with Gasteiger partial charge in [0.1, 0.15) is 0 Å². The summed E-state index contributed by atoms with van der Waals surface area (Å²) in [4.78, 5) is 5.84. The summed E-state index contributed by atoms with van der Waals surface area (Å²) in [6, 6.07) is 8.62. The van der Waals surface area contributed by atoms with Gasteiger partial charge in [-0.05, 0) is 53.5 Å². The zero-order valence-electron chi connectivity index (χ0n) is 9.32. The molecule has 0 saturated heterocycles. The van der Waals surface area contributed by atoms with E-state index >= 15 is 0 Å². The summed E-state index contributed by atoms with van der Waals surface area (Å²) in [7, 11) is 0. The van der Waals surface area contributed by atoms with Gasteiger partial charge in [-0.25, -0.2) is 4.98 Å². The first-order valence-corrected chi connectivity index (χ1v) is 7.64. The van der Waals surface area contributed by atoms with Crippen LogP contribution in [-0.4, -0.2) is 4.98 Å². The molecule has 1 aliphatic carbocycles. The van der Waals surface area contributed by atoms with Gasteiger partial charge in [-0.2, -0.15) is 0 Å². The number of nitrogens with two attached hydrogens (primary N) is 1. The lowest BCUT2D eigenvalue weighted by Gasteiger charge is -2.22. The number of anilines is 1.